The fourth-order valence-corrected chi connectivity index (χ4v) is 4.08. The molecule has 228 valence electrons. The Bertz CT molecular complexity index is 654. The molecule has 0 spiro atoms. The van der Waals surface area contributed by atoms with Crippen molar-refractivity contribution < 1.29 is 54.4 Å². The summed E-state index contributed by atoms with van der Waals surface area (Å²) >= 11 is 0. The molecule has 39 heavy (non-hydrogen) atoms. The second-order valence-electron chi connectivity index (χ2n) is 9.98. The summed E-state index contributed by atoms with van der Waals surface area (Å²) in [5.41, 5.74) is 0.545. The Balaban J connectivity index is 4.96. The first-order chi connectivity index (χ1) is 18.5. The maximum Gasteiger partial charge on any atom is 0.333 e. The molecule has 0 aromatic rings. The zero-order valence-electron chi connectivity index (χ0n) is 23.5. The van der Waals surface area contributed by atoms with Gasteiger partial charge in [0, 0.05) is 36.2 Å². The lowest BCUT2D eigenvalue weighted by atomic mass is 9.88. The van der Waals surface area contributed by atoms with Crippen molar-refractivity contribution in [1.29, 1.82) is 0 Å². The number of aliphatic hydroxyl groups excluding tert-OH is 6. The van der Waals surface area contributed by atoms with Crippen LogP contribution in [0, 0.1) is 11.8 Å². The molecule has 0 aliphatic heterocycles. The monoisotopic (exact) mass is 562 g/mol. The van der Waals surface area contributed by atoms with E-state index in [-0.39, 0.29) is 63.6 Å². The predicted molar refractivity (Wildman–Crippen MR) is 144 cm³/mol. The molecule has 6 N–H and O–H groups in total. The minimum atomic E-state index is -1.10. The summed E-state index contributed by atoms with van der Waals surface area (Å²) in [4.78, 5) is 23.1. The summed E-state index contributed by atoms with van der Waals surface area (Å²) in [6, 6.07) is 0. The molecule has 0 aromatic carbocycles. The quantitative estimate of drug-likeness (QED) is 0.0561. The minimum Gasteiger partial charge on any atom is -0.462 e. The summed E-state index contributed by atoms with van der Waals surface area (Å²) in [7, 11) is 0. The summed E-state index contributed by atoms with van der Waals surface area (Å²) in [5, 5.41) is 60.8. The fraction of sp³-hybridized carbons (Fsp3) is 0.786. The number of esters is 2. The van der Waals surface area contributed by atoms with E-state index in [0.29, 0.717) is 38.5 Å². The third kappa shape index (κ3) is 16.8. The highest BCUT2D eigenvalue weighted by Gasteiger charge is 2.29. The van der Waals surface area contributed by atoms with Gasteiger partial charge >= 0.3 is 11.9 Å². The van der Waals surface area contributed by atoms with Crippen molar-refractivity contribution in [2.24, 2.45) is 11.8 Å². The molecule has 0 fully saturated rings. The molecule has 0 radical (unpaired) electrons. The van der Waals surface area contributed by atoms with E-state index in [2.05, 4.69) is 13.2 Å². The maximum atomic E-state index is 11.6. The molecule has 6 unspecified atom stereocenters. The number of ether oxygens (including phenoxy) is 3. The van der Waals surface area contributed by atoms with Crippen molar-refractivity contribution in [3.8, 4) is 0 Å². The summed E-state index contributed by atoms with van der Waals surface area (Å²) < 4.78 is 15.7. The number of hydrogen-bond donors (Lipinski definition) is 6. The van der Waals surface area contributed by atoms with Gasteiger partial charge in [0.1, 0.15) is 0 Å². The van der Waals surface area contributed by atoms with E-state index in [1.807, 2.05) is 0 Å². The Morgan fingerprint density at radius 1 is 0.615 bits per heavy atom. The van der Waals surface area contributed by atoms with Crippen molar-refractivity contribution in [2.45, 2.75) is 89.6 Å². The van der Waals surface area contributed by atoms with Crippen LogP contribution in [0.15, 0.2) is 24.3 Å². The molecular formula is C28H50O11. The molecule has 0 aromatic heterocycles. The van der Waals surface area contributed by atoms with Gasteiger partial charge in [-0.3, -0.25) is 0 Å². The number of rotatable bonds is 24. The van der Waals surface area contributed by atoms with Crippen LogP contribution in [0.25, 0.3) is 0 Å². The van der Waals surface area contributed by atoms with Crippen molar-refractivity contribution >= 4 is 11.9 Å². The van der Waals surface area contributed by atoms with Gasteiger partial charge in [-0.15, -0.1) is 0 Å². The van der Waals surface area contributed by atoms with Gasteiger partial charge in [0.2, 0.25) is 0 Å². The summed E-state index contributed by atoms with van der Waals surface area (Å²) in [6.07, 6.45) is -1.38. The smallest absolute Gasteiger partial charge is 0.333 e. The Labute approximate surface area is 232 Å². The van der Waals surface area contributed by atoms with Crippen LogP contribution in [-0.2, 0) is 23.8 Å². The topological polar surface area (TPSA) is 183 Å². The third-order valence-corrected chi connectivity index (χ3v) is 6.40. The molecule has 11 heteroatoms. The second-order valence-corrected chi connectivity index (χ2v) is 9.98. The standard InChI is InChI=1S/C28H50O11/c1-19(2)27(35)38-15-7-9-21(23(31)11-5-13-29)25(33)17-37-18-26(34)22(24(32)12-6-14-30)10-8-16-39-28(36)20(3)4/h21-26,29-34H,1,3,5-18H2,2,4H3. The van der Waals surface area contributed by atoms with Crippen LogP contribution in [0.4, 0.5) is 0 Å². The molecule has 0 aliphatic carbocycles. The first-order valence-corrected chi connectivity index (χ1v) is 13.6. The van der Waals surface area contributed by atoms with Crippen molar-refractivity contribution in [3.05, 3.63) is 24.3 Å². The molecule has 0 heterocycles. The van der Waals surface area contributed by atoms with Crippen molar-refractivity contribution in [1.82, 2.24) is 0 Å². The number of aliphatic hydroxyl groups is 6. The number of hydrogen-bond acceptors (Lipinski definition) is 11. The zero-order valence-corrected chi connectivity index (χ0v) is 23.5. The third-order valence-electron chi connectivity index (χ3n) is 6.40. The average Bonchev–Trinajstić information content (AvgIpc) is 2.89. The van der Waals surface area contributed by atoms with Crippen LogP contribution in [0.3, 0.4) is 0 Å². The first-order valence-electron chi connectivity index (χ1n) is 13.6. The zero-order chi connectivity index (χ0) is 29.8. The molecule has 0 amide bonds. The Morgan fingerprint density at radius 3 is 1.28 bits per heavy atom. The molecule has 6 atom stereocenters. The number of carbonyl (C=O) groups is 2. The Kier molecular flexibility index (Phi) is 20.9. The highest BCUT2D eigenvalue weighted by atomic mass is 16.5. The Morgan fingerprint density at radius 2 is 0.974 bits per heavy atom. The van der Waals surface area contributed by atoms with Gasteiger partial charge in [0.05, 0.1) is 50.8 Å². The van der Waals surface area contributed by atoms with Gasteiger partial charge in [-0.25, -0.2) is 9.59 Å². The van der Waals surface area contributed by atoms with Gasteiger partial charge in [-0.2, -0.15) is 0 Å². The van der Waals surface area contributed by atoms with Crippen LogP contribution in [0.2, 0.25) is 0 Å². The lowest BCUT2D eigenvalue weighted by molar-refractivity contribution is -0.140. The van der Waals surface area contributed by atoms with E-state index in [1.165, 1.54) is 13.8 Å². The molecule has 0 saturated heterocycles. The van der Waals surface area contributed by atoms with Crippen LogP contribution in [0.1, 0.15) is 65.2 Å². The van der Waals surface area contributed by atoms with Crippen molar-refractivity contribution in [2.75, 3.05) is 39.6 Å². The highest BCUT2D eigenvalue weighted by molar-refractivity contribution is 5.87. The van der Waals surface area contributed by atoms with Gasteiger partial charge < -0.3 is 44.8 Å². The maximum absolute atomic E-state index is 11.6. The van der Waals surface area contributed by atoms with E-state index in [4.69, 9.17) is 24.4 Å². The molecule has 0 bridgehead atoms. The lowest BCUT2D eigenvalue weighted by Gasteiger charge is -2.30. The van der Waals surface area contributed by atoms with Crippen LogP contribution >= 0.6 is 0 Å². The van der Waals surface area contributed by atoms with Gasteiger partial charge in [-0.05, 0) is 65.2 Å². The fourth-order valence-electron chi connectivity index (χ4n) is 4.08. The number of carbonyl (C=O) groups excluding carboxylic acids is 2. The van der Waals surface area contributed by atoms with Crippen molar-refractivity contribution in [3.63, 3.8) is 0 Å². The normalized spacial score (nSPS) is 16.0. The molecule has 0 saturated carbocycles. The van der Waals surface area contributed by atoms with Gasteiger partial charge in [-0.1, -0.05) is 13.2 Å². The van der Waals surface area contributed by atoms with E-state index >= 15 is 0 Å². The van der Waals surface area contributed by atoms with E-state index in [9.17, 15) is 30.0 Å². The predicted octanol–water partition coefficient (Wildman–Crippen LogP) is 1.02. The lowest BCUT2D eigenvalue weighted by Crippen LogP contribution is -2.38. The van der Waals surface area contributed by atoms with Crippen LogP contribution in [0.5, 0.6) is 0 Å². The summed E-state index contributed by atoms with van der Waals surface area (Å²) in [6.45, 7) is 9.68. The van der Waals surface area contributed by atoms with E-state index in [0.717, 1.165) is 0 Å². The van der Waals surface area contributed by atoms with Crippen LogP contribution < -0.4 is 0 Å². The molecule has 0 aliphatic rings. The largest absolute Gasteiger partial charge is 0.462 e. The van der Waals surface area contributed by atoms with E-state index < -0.39 is 48.2 Å². The minimum absolute atomic E-state index is 0.0935. The molecular weight excluding hydrogens is 512 g/mol. The summed E-state index contributed by atoms with van der Waals surface area (Å²) in [5.74, 6) is -2.28. The SMILES string of the molecule is C=C(C)C(=O)OCCCC(C(O)CCCO)C(O)COCC(O)C(CCCOC(=O)C(=C)C)C(O)CCCO. The Hall–Kier alpha value is -1.86. The molecule has 11 nitrogen and oxygen atoms in total. The van der Waals surface area contributed by atoms with Gasteiger partial charge in [0.15, 0.2) is 0 Å². The molecule has 0 rings (SSSR count). The van der Waals surface area contributed by atoms with E-state index in [1.54, 1.807) is 0 Å². The second kappa shape index (κ2) is 21.9. The average molecular weight is 563 g/mol. The first kappa shape index (κ1) is 37.1. The van der Waals surface area contributed by atoms with Crippen LogP contribution in [-0.4, -0.2) is 107 Å². The highest BCUT2D eigenvalue weighted by Crippen LogP contribution is 2.23. The van der Waals surface area contributed by atoms with Gasteiger partial charge in [0.25, 0.3) is 0 Å².